The van der Waals surface area contributed by atoms with E-state index in [1.165, 1.54) is 0 Å². The Morgan fingerprint density at radius 3 is 2.84 bits per heavy atom. The van der Waals surface area contributed by atoms with E-state index in [1.54, 1.807) is 6.20 Å². The van der Waals surface area contributed by atoms with Gasteiger partial charge in [-0.2, -0.15) is 5.10 Å². The van der Waals surface area contributed by atoms with Crippen molar-refractivity contribution in [3.63, 3.8) is 0 Å². The molecule has 1 aliphatic heterocycles. The zero-order valence-electron chi connectivity index (χ0n) is 10.4. The highest BCUT2D eigenvalue weighted by atomic mass is 35.5. The summed E-state index contributed by atoms with van der Waals surface area (Å²) in [6, 6.07) is 3.81. The van der Waals surface area contributed by atoms with Gasteiger partial charge < -0.3 is 10.6 Å². The lowest BCUT2D eigenvalue weighted by molar-refractivity contribution is -0.122. The first-order chi connectivity index (χ1) is 9.15. The number of benzene rings is 1. The molecule has 0 radical (unpaired) electrons. The van der Waals surface area contributed by atoms with E-state index in [0.717, 1.165) is 42.5 Å². The summed E-state index contributed by atoms with van der Waals surface area (Å²) >= 11 is 6.13. The maximum absolute atomic E-state index is 11.2. The highest BCUT2D eigenvalue weighted by Crippen LogP contribution is 2.32. The van der Waals surface area contributed by atoms with Crippen LogP contribution in [0.15, 0.2) is 18.3 Å². The van der Waals surface area contributed by atoms with Crippen LogP contribution in [-0.4, -0.2) is 29.2 Å². The number of rotatable bonds is 2. The molecular formula is C13H15ClN4O. The third kappa shape index (κ3) is 2.26. The Kier molecular flexibility index (Phi) is 3.06. The van der Waals surface area contributed by atoms with E-state index in [9.17, 15) is 4.79 Å². The molecule has 6 heteroatoms. The molecule has 0 spiro atoms. The molecule has 3 rings (SSSR count). The van der Waals surface area contributed by atoms with Crippen molar-refractivity contribution in [2.75, 3.05) is 18.0 Å². The summed E-state index contributed by atoms with van der Waals surface area (Å²) in [7, 11) is 0. The maximum atomic E-state index is 11.2. The molecule has 1 fully saturated rings. The fraction of sp³-hybridized carbons (Fsp3) is 0.385. The summed E-state index contributed by atoms with van der Waals surface area (Å²) in [5.74, 6) is -0.200. The number of halogens is 1. The first-order valence-corrected chi connectivity index (χ1v) is 6.70. The summed E-state index contributed by atoms with van der Waals surface area (Å²) < 4.78 is 0. The lowest BCUT2D eigenvalue weighted by Gasteiger charge is -2.32. The second-order valence-corrected chi connectivity index (χ2v) is 5.36. The Balaban J connectivity index is 1.89. The number of aromatic nitrogens is 2. The average Bonchev–Trinajstić information content (AvgIpc) is 2.85. The largest absolute Gasteiger partial charge is 0.371 e. The molecular weight excluding hydrogens is 264 g/mol. The van der Waals surface area contributed by atoms with E-state index < -0.39 is 0 Å². The van der Waals surface area contributed by atoms with E-state index >= 15 is 0 Å². The fourth-order valence-electron chi connectivity index (χ4n) is 2.66. The monoisotopic (exact) mass is 278 g/mol. The van der Waals surface area contributed by atoms with E-state index in [0.29, 0.717) is 5.02 Å². The van der Waals surface area contributed by atoms with Gasteiger partial charge in [0.15, 0.2) is 0 Å². The van der Waals surface area contributed by atoms with Crippen molar-refractivity contribution >= 4 is 34.1 Å². The topological polar surface area (TPSA) is 75.0 Å². The summed E-state index contributed by atoms with van der Waals surface area (Å²) in [6.07, 6.45) is 3.39. The molecule has 2 heterocycles. The van der Waals surface area contributed by atoms with Gasteiger partial charge in [0.1, 0.15) is 0 Å². The van der Waals surface area contributed by atoms with Gasteiger partial charge in [-0.25, -0.2) is 0 Å². The molecule has 19 heavy (non-hydrogen) atoms. The quantitative estimate of drug-likeness (QED) is 0.881. The number of carbonyl (C=O) groups excluding carboxylic acids is 1. The number of nitrogens with zero attached hydrogens (tertiary/aromatic N) is 2. The van der Waals surface area contributed by atoms with E-state index in [2.05, 4.69) is 15.1 Å². The van der Waals surface area contributed by atoms with Gasteiger partial charge in [-0.05, 0) is 25.0 Å². The lowest BCUT2D eigenvalue weighted by atomic mass is 9.95. The van der Waals surface area contributed by atoms with E-state index in [-0.39, 0.29) is 11.8 Å². The van der Waals surface area contributed by atoms with Crippen LogP contribution in [0.3, 0.4) is 0 Å². The second-order valence-electron chi connectivity index (χ2n) is 4.92. The Hall–Kier alpha value is -1.75. The predicted octanol–water partition coefficient (Wildman–Crippen LogP) is 1.92. The van der Waals surface area contributed by atoms with Crippen LogP contribution < -0.4 is 10.6 Å². The summed E-state index contributed by atoms with van der Waals surface area (Å²) in [5.41, 5.74) is 7.35. The minimum absolute atomic E-state index is 0.00438. The average molecular weight is 279 g/mol. The van der Waals surface area contributed by atoms with Crippen LogP contribution >= 0.6 is 11.6 Å². The van der Waals surface area contributed by atoms with Crippen LogP contribution in [0.1, 0.15) is 12.8 Å². The molecule has 0 aliphatic carbocycles. The lowest BCUT2D eigenvalue weighted by Crippen LogP contribution is -2.38. The van der Waals surface area contributed by atoms with Crippen LogP contribution in [0.2, 0.25) is 5.02 Å². The number of H-pyrrole nitrogens is 1. The molecule has 0 saturated carbocycles. The van der Waals surface area contributed by atoms with Gasteiger partial charge in [0.2, 0.25) is 5.91 Å². The van der Waals surface area contributed by atoms with Gasteiger partial charge in [0.05, 0.1) is 11.7 Å². The minimum Gasteiger partial charge on any atom is -0.371 e. The number of primary amides is 1. The summed E-state index contributed by atoms with van der Waals surface area (Å²) in [4.78, 5) is 13.4. The molecule has 1 aliphatic rings. The van der Waals surface area contributed by atoms with Crippen molar-refractivity contribution in [1.29, 1.82) is 0 Å². The standard InChI is InChI=1S/C13H15ClN4O/c14-9-5-11-10(7-16-17-11)12(6-9)18-3-1-8(2-4-18)13(15)19/h5-8H,1-4H2,(H2,15,19)(H,16,17). The van der Waals surface area contributed by atoms with Gasteiger partial charge >= 0.3 is 0 Å². The molecule has 2 aromatic rings. The van der Waals surface area contributed by atoms with Crippen LogP contribution in [-0.2, 0) is 4.79 Å². The molecule has 5 nitrogen and oxygen atoms in total. The van der Waals surface area contributed by atoms with Gasteiger partial charge in [-0.3, -0.25) is 9.89 Å². The van der Waals surface area contributed by atoms with Crippen LogP contribution in [0.4, 0.5) is 5.69 Å². The van der Waals surface area contributed by atoms with Crippen molar-refractivity contribution in [2.24, 2.45) is 11.7 Å². The molecule has 100 valence electrons. The highest BCUT2D eigenvalue weighted by molar-refractivity contribution is 6.31. The SMILES string of the molecule is NC(=O)C1CCN(c2cc(Cl)cc3[nH]ncc23)CC1. The molecule has 3 N–H and O–H groups in total. The van der Waals surface area contributed by atoms with Crippen molar-refractivity contribution in [3.8, 4) is 0 Å². The number of hydrogen-bond acceptors (Lipinski definition) is 3. The summed E-state index contributed by atoms with van der Waals surface area (Å²) in [6.45, 7) is 1.63. The van der Waals surface area contributed by atoms with Crippen molar-refractivity contribution in [2.45, 2.75) is 12.8 Å². The number of hydrogen-bond donors (Lipinski definition) is 2. The van der Waals surface area contributed by atoms with Crippen molar-refractivity contribution < 1.29 is 4.79 Å². The highest BCUT2D eigenvalue weighted by Gasteiger charge is 2.24. The number of amides is 1. The van der Waals surface area contributed by atoms with Gasteiger partial charge in [0.25, 0.3) is 0 Å². The molecule has 1 saturated heterocycles. The number of aromatic amines is 1. The van der Waals surface area contributed by atoms with Crippen LogP contribution in [0, 0.1) is 5.92 Å². The van der Waals surface area contributed by atoms with Crippen molar-refractivity contribution in [3.05, 3.63) is 23.4 Å². The molecule has 1 aromatic carbocycles. The molecule has 0 bridgehead atoms. The second kappa shape index (κ2) is 4.74. The molecule has 1 aromatic heterocycles. The van der Waals surface area contributed by atoms with Crippen LogP contribution in [0.5, 0.6) is 0 Å². The zero-order valence-corrected chi connectivity index (χ0v) is 11.2. The van der Waals surface area contributed by atoms with Gasteiger partial charge in [0, 0.05) is 35.1 Å². The Labute approximate surface area is 115 Å². The number of nitrogens with one attached hydrogen (secondary N) is 1. The first-order valence-electron chi connectivity index (χ1n) is 6.32. The zero-order chi connectivity index (χ0) is 13.4. The maximum Gasteiger partial charge on any atom is 0.220 e. The minimum atomic E-state index is -0.195. The van der Waals surface area contributed by atoms with Gasteiger partial charge in [-0.15, -0.1) is 0 Å². The Bertz CT molecular complexity index is 616. The normalized spacial score (nSPS) is 17.0. The third-order valence-electron chi connectivity index (χ3n) is 3.74. The Morgan fingerprint density at radius 2 is 2.16 bits per heavy atom. The number of piperidine rings is 1. The van der Waals surface area contributed by atoms with Crippen LogP contribution in [0.25, 0.3) is 10.9 Å². The Morgan fingerprint density at radius 1 is 1.42 bits per heavy atom. The molecule has 0 unspecified atom stereocenters. The number of nitrogens with two attached hydrogens (primary N) is 1. The first kappa shape index (κ1) is 12.3. The number of carbonyl (C=O) groups is 1. The number of fused-ring (bicyclic) bond motifs is 1. The predicted molar refractivity (Wildman–Crippen MR) is 75.2 cm³/mol. The smallest absolute Gasteiger partial charge is 0.220 e. The molecule has 0 atom stereocenters. The van der Waals surface area contributed by atoms with E-state index in [1.807, 2.05) is 12.1 Å². The van der Waals surface area contributed by atoms with Gasteiger partial charge in [-0.1, -0.05) is 11.6 Å². The number of anilines is 1. The van der Waals surface area contributed by atoms with E-state index in [4.69, 9.17) is 17.3 Å². The fourth-order valence-corrected chi connectivity index (χ4v) is 2.88. The summed E-state index contributed by atoms with van der Waals surface area (Å²) in [5, 5.41) is 8.73. The third-order valence-corrected chi connectivity index (χ3v) is 3.96. The molecule has 1 amide bonds. The van der Waals surface area contributed by atoms with Crippen molar-refractivity contribution in [1.82, 2.24) is 10.2 Å².